The van der Waals surface area contributed by atoms with Gasteiger partial charge in [-0.05, 0) is 56.6 Å². The first-order valence-electron chi connectivity index (χ1n) is 8.97. The molecule has 5 N–H and O–H groups in total. The monoisotopic (exact) mass is 326 g/mol. The fraction of sp³-hybridized carbons (Fsp3) is 0.556. The predicted molar refractivity (Wildman–Crippen MR) is 99.5 cm³/mol. The van der Waals surface area contributed by atoms with Gasteiger partial charge in [0, 0.05) is 6.54 Å². The SMILES string of the molecule is Cc1ccc2c(c1N1C(N)=NC(N)=NC13CCCCC3)NCCC2. The molecule has 6 nitrogen and oxygen atoms in total. The minimum atomic E-state index is -0.382. The highest BCUT2D eigenvalue weighted by Crippen LogP contribution is 2.45. The summed E-state index contributed by atoms with van der Waals surface area (Å²) in [6, 6.07) is 4.41. The second-order valence-electron chi connectivity index (χ2n) is 7.11. The summed E-state index contributed by atoms with van der Waals surface area (Å²) in [6.45, 7) is 3.13. The number of nitrogens with two attached hydrogens (primary N) is 2. The summed E-state index contributed by atoms with van der Waals surface area (Å²) in [6.07, 6.45) is 7.71. The molecule has 0 atom stereocenters. The van der Waals surface area contributed by atoms with Crippen molar-refractivity contribution in [3.05, 3.63) is 23.3 Å². The smallest absolute Gasteiger partial charge is 0.220 e. The third kappa shape index (κ3) is 2.32. The third-order valence-corrected chi connectivity index (χ3v) is 5.47. The minimum Gasteiger partial charge on any atom is -0.383 e. The molecule has 0 saturated heterocycles. The van der Waals surface area contributed by atoms with Crippen molar-refractivity contribution in [1.82, 2.24) is 0 Å². The number of hydrogen-bond acceptors (Lipinski definition) is 6. The van der Waals surface area contributed by atoms with E-state index in [1.54, 1.807) is 0 Å². The fourth-order valence-corrected chi connectivity index (χ4v) is 4.37. The van der Waals surface area contributed by atoms with Crippen LogP contribution in [0.3, 0.4) is 0 Å². The van der Waals surface area contributed by atoms with Gasteiger partial charge >= 0.3 is 0 Å². The van der Waals surface area contributed by atoms with Crippen molar-refractivity contribution in [2.24, 2.45) is 21.5 Å². The molecular weight excluding hydrogens is 300 g/mol. The van der Waals surface area contributed by atoms with Crippen molar-refractivity contribution in [2.75, 3.05) is 16.8 Å². The topological polar surface area (TPSA) is 92.0 Å². The highest BCUT2D eigenvalue weighted by molar-refractivity contribution is 6.08. The maximum Gasteiger partial charge on any atom is 0.220 e. The van der Waals surface area contributed by atoms with Gasteiger partial charge in [-0.3, -0.25) is 4.90 Å². The minimum absolute atomic E-state index is 0.307. The molecule has 1 spiro atoms. The van der Waals surface area contributed by atoms with Crippen LogP contribution in [0.5, 0.6) is 0 Å². The van der Waals surface area contributed by atoms with E-state index in [9.17, 15) is 0 Å². The Morgan fingerprint density at radius 3 is 2.71 bits per heavy atom. The highest BCUT2D eigenvalue weighted by Gasteiger charge is 2.44. The Morgan fingerprint density at radius 2 is 1.92 bits per heavy atom. The largest absolute Gasteiger partial charge is 0.383 e. The molecule has 0 bridgehead atoms. The molecule has 1 saturated carbocycles. The zero-order valence-electron chi connectivity index (χ0n) is 14.3. The van der Waals surface area contributed by atoms with E-state index < -0.39 is 0 Å². The van der Waals surface area contributed by atoms with Gasteiger partial charge in [0.15, 0.2) is 0 Å². The molecular formula is C18H26N6. The van der Waals surface area contributed by atoms with Gasteiger partial charge in [0.25, 0.3) is 0 Å². The molecule has 1 fully saturated rings. The lowest BCUT2D eigenvalue weighted by atomic mass is 9.86. The molecule has 6 heteroatoms. The average molecular weight is 326 g/mol. The van der Waals surface area contributed by atoms with E-state index in [2.05, 4.69) is 34.3 Å². The molecule has 3 aliphatic rings. The van der Waals surface area contributed by atoms with E-state index in [1.165, 1.54) is 23.2 Å². The molecule has 0 aromatic heterocycles. The van der Waals surface area contributed by atoms with E-state index in [0.29, 0.717) is 11.9 Å². The Labute approximate surface area is 143 Å². The maximum atomic E-state index is 6.40. The Morgan fingerprint density at radius 1 is 1.12 bits per heavy atom. The van der Waals surface area contributed by atoms with E-state index in [0.717, 1.165) is 50.8 Å². The molecule has 1 aromatic rings. The number of aryl methyl sites for hydroxylation is 2. The van der Waals surface area contributed by atoms with Crippen LogP contribution in [-0.2, 0) is 6.42 Å². The zero-order chi connectivity index (χ0) is 16.7. The summed E-state index contributed by atoms with van der Waals surface area (Å²) < 4.78 is 0. The van der Waals surface area contributed by atoms with Gasteiger partial charge in [0.2, 0.25) is 11.9 Å². The number of guanidine groups is 2. The lowest BCUT2D eigenvalue weighted by Gasteiger charge is -2.47. The first kappa shape index (κ1) is 15.3. The van der Waals surface area contributed by atoms with Crippen LogP contribution >= 0.6 is 0 Å². The van der Waals surface area contributed by atoms with E-state index in [1.807, 2.05) is 0 Å². The van der Waals surface area contributed by atoms with E-state index in [4.69, 9.17) is 16.5 Å². The van der Waals surface area contributed by atoms with Gasteiger partial charge in [-0.25, -0.2) is 4.99 Å². The number of fused-ring (bicyclic) bond motifs is 1. The Balaban J connectivity index is 1.89. The third-order valence-electron chi connectivity index (χ3n) is 5.47. The molecule has 2 heterocycles. The van der Waals surface area contributed by atoms with Crippen molar-refractivity contribution in [2.45, 2.75) is 57.5 Å². The second kappa shape index (κ2) is 5.69. The van der Waals surface area contributed by atoms with Crippen LogP contribution in [0, 0.1) is 6.92 Å². The van der Waals surface area contributed by atoms with Crippen LogP contribution in [0.25, 0.3) is 0 Å². The van der Waals surface area contributed by atoms with Gasteiger partial charge in [-0.15, -0.1) is 0 Å². The van der Waals surface area contributed by atoms with Crippen LogP contribution in [0.1, 0.15) is 49.7 Å². The van der Waals surface area contributed by atoms with Crippen LogP contribution in [0.2, 0.25) is 0 Å². The second-order valence-corrected chi connectivity index (χ2v) is 7.11. The maximum absolute atomic E-state index is 6.40. The van der Waals surface area contributed by atoms with Crippen LogP contribution in [-0.4, -0.2) is 24.1 Å². The number of nitrogens with one attached hydrogen (secondary N) is 1. The van der Waals surface area contributed by atoms with Crippen molar-refractivity contribution in [3.63, 3.8) is 0 Å². The summed E-state index contributed by atoms with van der Waals surface area (Å²) in [5, 5.41) is 3.59. The highest BCUT2D eigenvalue weighted by atomic mass is 15.4. The predicted octanol–water partition coefficient (Wildman–Crippen LogP) is 2.46. The summed E-state index contributed by atoms with van der Waals surface area (Å²) in [5.41, 5.74) is 16.9. The fourth-order valence-electron chi connectivity index (χ4n) is 4.37. The average Bonchev–Trinajstić information content (AvgIpc) is 2.57. The van der Waals surface area contributed by atoms with Gasteiger partial charge in [0.1, 0.15) is 5.66 Å². The van der Waals surface area contributed by atoms with Crippen LogP contribution in [0.15, 0.2) is 22.1 Å². The van der Waals surface area contributed by atoms with E-state index in [-0.39, 0.29) is 5.66 Å². The van der Waals surface area contributed by atoms with Gasteiger partial charge in [-0.1, -0.05) is 18.6 Å². The number of nitrogens with zero attached hydrogens (tertiary/aromatic N) is 3. The number of anilines is 2. The lowest BCUT2D eigenvalue weighted by Crippen LogP contribution is -2.58. The Kier molecular flexibility index (Phi) is 3.62. The molecule has 1 aromatic carbocycles. The van der Waals surface area contributed by atoms with E-state index >= 15 is 0 Å². The summed E-state index contributed by atoms with van der Waals surface area (Å²) in [7, 11) is 0. The van der Waals surface area contributed by atoms with Gasteiger partial charge < -0.3 is 16.8 Å². The normalized spacial score (nSPS) is 22.5. The number of rotatable bonds is 1. The van der Waals surface area contributed by atoms with Gasteiger partial charge in [-0.2, -0.15) is 4.99 Å². The first-order chi connectivity index (χ1) is 11.6. The standard InChI is InChI=1S/C18H26N6/c1-12-7-8-13-6-5-11-21-14(13)15(12)24-17(20)22-16(19)23-18(24)9-3-2-4-10-18/h7-8,21H,2-6,9-11H2,1H3,(H4,19,20,22,23). The molecule has 0 radical (unpaired) electrons. The molecule has 24 heavy (non-hydrogen) atoms. The van der Waals surface area contributed by atoms with Crippen LogP contribution < -0.4 is 21.7 Å². The number of hydrogen-bond donors (Lipinski definition) is 3. The molecule has 1 aliphatic carbocycles. The molecule has 0 amide bonds. The van der Waals surface area contributed by atoms with Crippen molar-refractivity contribution in [1.29, 1.82) is 0 Å². The summed E-state index contributed by atoms with van der Waals surface area (Å²) in [5.74, 6) is 0.773. The summed E-state index contributed by atoms with van der Waals surface area (Å²) in [4.78, 5) is 11.3. The van der Waals surface area contributed by atoms with Crippen molar-refractivity contribution in [3.8, 4) is 0 Å². The Bertz CT molecular complexity index is 714. The molecule has 2 aliphatic heterocycles. The molecule has 0 unspecified atom stereocenters. The van der Waals surface area contributed by atoms with Crippen LogP contribution in [0.4, 0.5) is 11.4 Å². The number of benzene rings is 1. The lowest BCUT2D eigenvalue weighted by molar-refractivity contribution is 0.305. The molecule has 4 rings (SSSR count). The quantitative estimate of drug-likeness (QED) is 0.739. The van der Waals surface area contributed by atoms with Crippen molar-refractivity contribution >= 4 is 23.3 Å². The Hall–Kier alpha value is -2.24. The van der Waals surface area contributed by atoms with Gasteiger partial charge in [0.05, 0.1) is 11.4 Å². The first-order valence-corrected chi connectivity index (χ1v) is 8.97. The zero-order valence-corrected chi connectivity index (χ0v) is 14.3. The van der Waals surface area contributed by atoms with Crippen molar-refractivity contribution < 1.29 is 0 Å². The molecule has 128 valence electrons. The number of aliphatic imine (C=N–C) groups is 2. The summed E-state index contributed by atoms with van der Waals surface area (Å²) >= 11 is 0.